The minimum Gasteiger partial charge on any atom is -0.354 e. The number of nitrogens with two attached hydrogens (primary N) is 1. The molecule has 0 heterocycles. The van der Waals surface area contributed by atoms with Crippen molar-refractivity contribution in [3.05, 3.63) is 0 Å². The number of hydrogen-bond acceptors (Lipinski definition) is 2. The lowest BCUT2D eigenvalue weighted by atomic mass is 9.83. The van der Waals surface area contributed by atoms with Crippen molar-refractivity contribution >= 4 is 5.91 Å². The van der Waals surface area contributed by atoms with E-state index in [0.717, 1.165) is 44.6 Å². The number of nitrogens with one attached hydrogen (secondary N) is 1. The van der Waals surface area contributed by atoms with E-state index in [4.69, 9.17) is 5.73 Å². The van der Waals surface area contributed by atoms with Crippen molar-refractivity contribution in [2.75, 3.05) is 6.54 Å². The lowest BCUT2D eigenvalue weighted by Gasteiger charge is -2.27. The molecule has 2 fully saturated rings. The molecule has 0 atom stereocenters. The molecule has 0 aliphatic heterocycles. The summed E-state index contributed by atoms with van der Waals surface area (Å²) >= 11 is 0. The summed E-state index contributed by atoms with van der Waals surface area (Å²) in [6, 6.07) is 0. The molecule has 0 aromatic heterocycles. The minimum atomic E-state index is -0.542. The van der Waals surface area contributed by atoms with Crippen LogP contribution in [-0.2, 0) is 4.79 Å². The molecule has 1 amide bonds. The van der Waals surface area contributed by atoms with Gasteiger partial charge in [-0.25, -0.2) is 0 Å². The van der Waals surface area contributed by atoms with Crippen LogP contribution in [0.1, 0.15) is 51.4 Å². The zero-order chi connectivity index (χ0) is 10.7. The average molecular weight is 210 g/mol. The summed E-state index contributed by atoms with van der Waals surface area (Å²) in [5.41, 5.74) is 5.51. The summed E-state index contributed by atoms with van der Waals surface area (Å²) in [4.78, 5) is 11.8. The van der Waals surface area contributed by atoms with Crippen molar-refractivity contribution in [3.63, 3.8) is 0 Å². The van der Waals surface area contributed by atoms with Gasteiger partial charge in [-0.15, -0.1) is 0 Å². The molecule has 2 saturated carbocycles. The highest BCUT2D eigenvalue weighted by molar-refractivity contribution is 5.86. The van der Waals surface area contributed by atoms with E-state index in [9.17, 15) is 4.79 Å². The first-order chi connectivity index (χ1) is 7.21. The molecule has 3 heteroatoms. The summed E-state index contributed by atoms with van der Waals surface area (Å²) in [5.74, 6) is 0.946. The van der Waals surface area contributed by atoms with Crippen LogP contribution in [-0.4, -0.2) is 18.0 Å². The third kappa shape index (κ3) is 2.51. The maximum Gasteiger partial charge on any atom is 0.240 e. The van der Waals surface area contributed by atoms with Crippen LogP contribution < -0.4 is 11.1 Å². The molecule has 3 N–H and O–H groups in total. The molecule has 0 aromatic carbocycles. The van der Waals surface area contributed by atoms with Crippen LogP contribution in [0, 0.1) is 5.92 Å². The number of hydrogen-bond donors (Lipinski definition) is 2. The summed E-state index contributed by atoms with van der Waals surface area (Å²) in [6.07, 6.45) is 9.15. The Morgan fingerprint density at radius 3 is 2.47 bits per heavy atom. The van der Waals surface area contributed by atoms with Crippen LogP contribution in [0.5, 0.6) is 0 Å². The van der Waals surface area contributed by atoms with Gasteiger partial charge in [-0.05, 0) is 25.2 Å². The first-order valence-electron chi connectivity index (χ1n) is 6.28. The van der Waals surface area contributed by atoms with Gasteiger partial charge >= 0.3 is 0 Å². The zero-order valence-electron chi connectivity index (χ0n) is 9.43. The highest BCUT2D eigenvalue weighted by atomic mass is 16.2. The standard InChI is InChI=1S/C12H22N2O/c13-12(7-1-2-8-12)11(15)14-9-6-10-4-3-5-10/h10H,1-9,13H2,(H,14,15). The maximum atomic E-state index is 11.8. The SMILES string of the molecule is NC1(C(=O)NCCC2CCC2)CCCC1. The average Bonchev–Trinajstić information content (AvgIpc) is 2.58. The molecule has 86 valence electrons. The summed E-state index contributed by atoms with van der Waals surface area (Å²) in [5, 5.41) is 3.00. The van der Waals surface area contributed by atoms with Gasteiger partial charge in [0, 0.05) is 6.54 Å². The van der Waals surface area contributed by atoms with Gasteiger partial charge in [-0.2, -0.15) is 0 Å². The smallest absolute Gasteiger partial charge is 0.240 e. The Hall–Kier alpha value is -0.570. The van der Waals surface area contributed by atoms with Crippen molar-refractivity contribution in [2.45, 2.75) is 56.9 Å². The topological polar surface area (TPSA) is 55.1 Å². The van der Waals surface area contributed by atoms with Crippen LogP contribution in [0.25, 0.3) is 0 Å². The molecule has 3 nitrogen and oxygen atoms in total. The molecule has 0 aromatic rings. The molecule has 15 heavy (non-hydrogen) atoms. The maximum absolute atomic E-state index is 11.8. The van der Waals surface area contributed by atoms with Crippen LogP contribution in [0.4, 0.5) is 0 Å². The molecule has 0 saturated heterocycles. The predicted molar refractivity (Wildman–Crippen MR) is 60.4 cm³/mol. The summed E-state index contributed by atoms with van der Waals surface area (Å²) in [7, 11) is 0. The minimum absolute atomic E-state index is 0.0827. The normalized spacial score (nSPS) is 24.9. The van der Waals surface area contributed by atoms with Crippen molar-refractivity contribution in [1.29, 1.82) is 0 Å². The van der Waals surface area contributed by atoms with Crippen molar-refractivity contribution in [2.24, 2.45) is 11.7 Å². The fourth-order valence-corrected chi connectivity index (χ4v) is 2.58. The number of carbonyl (C=O) groups excluding carboxylic acids is 1. The lowest BCUT2D eigenvalue weighted by Crippen LogP contribution is -2.52. The van der Waals surface area contributed by atoms with Crippen LogP contribution in [0.2, 0.25) is 0 Å². The van der Waals surface area contributed by atoms with Gasteiger partial charge in [-0.3, -0.25) is 4.79 Å². The molecule has 0 bridgehead atoms. The van der Waals surface area contributed by atoms with Gasteiger partial charge in [0.15, 0.2) is 0 Å². The summed E-state index contributed by atoms with van der Waals surface area (Å²) in [6.45, 7) is 0.822. The third-order valence-corrected chi connectivity index (χ3v) is 4.01. The Morgan fingerprint density at radius 1 is 1.27 bits per heavy atom. The highest BCUT2D eigenvalue weighted by Gasteiger charge is 2.36. The zero-order valence-corrected chi connectivity index (χ0v) is 9.43. The van der Waals surface area contributed by atoms with Crippen LogP contribution in [0.15, 0.2) is 0 Å². The Bertz CT molecular complexity index is 230. The van der Waals surface area contributed by atoms with E-state index in [0.29, 0.717) is 0 Å². The van der Waals surface area contributed by atoms with E-state index in [1.807, 2.05) is 0 Å². The molecule has 0 radical (unpaired) electrons. The molecule has 2 aliphatic rings. The first kappa shape index (κ1) is 10.9. The second-order valence-corrected chi connectivity index (χ2v) is 5.20. The molecule has 0 spiro atoms. The van der Waals surface area contributed by atoms with Gasteiger partial charge in [0.05, 0.1) is 5.54 Å². The van der Waals surface area contributed by atoms with Gasteiger partial charge in [0.25, 0.3) is 0 Å². The van der Waals surface area contributed by atoms with E-state index >= 15 is 0 Å². The second-order valence-electron chi connectivity index (χ2n) is 5.20. The fourth-order valence-electron chi connectivity index (χ4n) is 2.58. The summed E-state index contributed by atoms with van der Waals surface area (Å²) < 4.78 is 0. The van der Waals surface area contributed by atoms with E-state index in [1.54, 1.807) is 0 Å². The first-order valence-corrected chi connectivity index (χ1v) is 6.28. The largest absolute Gasteiger partial charge is 0.354 e. The lowest BCUT2D eigenvalue weighted by molar-refractivity contribution is -0.126. The molecular weight excluding hydrogens is 188 g/mol. The second kappa shape index (κ2) is 4.52. The van der Waals surface area contributed by atoms with Crippen LogP contribution >= 0.6 is 0 Å². The Morgan fingerprint density at radius 2 is 1.93 bits per heavy atom. The number of carbonyl (C=O) groups is 1. The van der Waals surface area contributed by atoms with Crippen LogP contribution in [0.3, 0.4) is 0 Å². The molecule has 0 unspecified atom stereocenters. The molecular formula is C12H22N2O. The van der Waals surface area contributed by atoms with Gasteiger partial charge < -0.3 is 11.1 Å². The van der Waals surface area contributed by atoms with Gasteiger partial charge in [-0.1, -0.05) is 32.1 Å². The molecule has 2 rings (SSSR count). The van der Waals surface area contributed by atoms with Gasteiger partial charge in [0.2, 0.25) is 5.91 Å². The Labute approximate surface area is 91.8 Å². The Balaban J connectivity index is 1.67. The monoisotopic (exact) mass is 210 g/mol. The van der Waals surface area contributed by atoms with E-state index in [-0.39, 0.29) is 5.91 Å². The fraction of sp³-hybridized carbons (Fsp3) is 0.917. The van der Waals surface area contributed by atoms with E-state index < -0.39 is 5.54 Å². The number of rotatable bonds is 4. The number of amides is 1. The van der Waals surface area contributed by atoms with E-state index in [2.05, 4.69) is 5.32 Å². The van der Waals surface area contributed by atoms with Crippen molar-refractivity contribution < 1.29 is 4.79 Å². The van der Waals surface area contributed by atoms with Crippen molar-refractivity contribution in [1.82, 2.24) is 5.32 Å². The van der Waals surface area contributed by atoms with Crippen molar-refractivity contribution in [3.8, 4) is 0 Å². The highest BCUT2D eigenvalue weighted by Crippen LogP contribution is 2.29. The quantitative estimate of drug-likeness (QED) is 0.740. The van der Waals surface area contributed by atoms with Gasteiger partial charge in [0.1, 0.15) is 0 Å². The molecule has 2 aliphatic carbocycles. The predicted octanol–water partition coefficient (Wildman–Crippen LogP) is 1.56. The Kier molecular flexibility index (Phi) is 3.29. The third-order valence-electron chi connectivity index (χ3n) is 4.01. The van der Waals surface area contributed by atoms with E-state index in [1.165, 1.54) is 19.3 Å².